The maximum absolute atomic E-state index is 6.22. The zero-order valence-corrected chi connectivity index (χ0v) is 12.0. The molecule has 0 radical (unpaired) electrons. The number of nitrogens with zero attached hydrogens (tertiary/aromatic N) is 1. The summed E-state index contributed by atoms with van der Waals surface area (Å²) >= 11 is 6.22. The van der Waals surface area contributed by atoms with Crippen LogP contribution in [0.2, 0.25) is 5.02 Å². The Hall–Kier alpha value is -0.770. The second kappa shape index (κ2) is 5.70. The van der Waals surface area contributed by atoms with Gasteiger partial charge in [-0.25, -0.2) is 0 Å². The number of halogens is 1. The molecule has 1 aliphatic heterocycles. The van der Waals surface area contributed by atoms with E-state index in [1.165, 1.54) is 24.0 Å². The predicted molar refractivity (Wildman–Crippen MR) is 77.8 cm³/mol. The normalized spacial score (nSPS) is 17.6. The molecule has 4 heteroatoms. The number of hydrogen-bond acceptors (Lipinski definition) is 3. The first kappa shape index (κ1) is 13.2. The molecule has 1 saturated carbocycles. The van der Waals surface area contributed by atoms with Crippen LogP contribution >= 0.6 is 11.6 Å². The van der Waals surface area contributed by atoms with Crippen molar-refractivity contribution in [3.05, 3.63) is 28.3 Å². The molecular weight excluding hydrogens is 260 g/mol. The minimum absolute atomic E-state index is 0.739. The molecule has 19 heavy (non-hydrogen) atoms. The first-order valence-electron chi connectivity index (χ1n) is 7.16. The quantitative estimate of drug-likeness (QED) is 0.870. The van der Waals surface area contributed by atoms with Gasteiger partial charge in [0.05, 0.1) is 6.61 Å². The van der Waals surface area contributed by atoms with Gasteiger partial charge in [0.25, 0.3) is 0 Å². The van der Waals surface area contributed by atoms with E-state index in [2.05, 4.69) is 11.0 Å². The van der Waals surface area contributed by atoms with Gasteiger partial charge < -0.3 is 10.5 Å². The van der Waals surface area contributed by atoms with Crippen molar-refractivity contribution in [1.82, 2.24) is 4.90 Å². The predicted octanol–water partition coefficient (Wildman–Crippen LogP) is 2.59. The van der Waals surface area contributed by atoms with Gasteiger partial charge in [0, 0.05) is 29.6 Å². The first-order valence-corrected chi connectivity index (χ1v) is 7.54. The highest BCUT2D eigenvalue weighted by Crippen LogP contribution is 2.36. The van der Waals surface area contributed by atoms with Crippen molar-refractivity contribution in [3.63, 3.8) is 0 Å². The molecule has 1 fully saturated rings. The van der Waals surface area contributed by atoms with Gasteiger partial charge in [0.15, 0.2) is 0 Å². The Morgan fingerprint density at radius 2 is 2.21 bits per heavy atom. The molecule has 1 aromatic rings. The van der Waals surface area contributed by atoms with Crippen molar-refractivity contribution in [2.24, 2.45) is 5.73 Å². The third-order valence-electron chi connectivity index (χ3n) is 3.91. The van der Waals surface area contributed by atoms with Gasteiger partial charge in [-0.05, 0) is 50.0 Å². The molecule has 1 aliphatic carbocycles. The van der Waals surface area contributed by atoms with Gasteiger partial charge in [-0.2, -0.15) is 0 Å². The summed E-state index contributed by atoms with van der Waals surface area (Å²) < 4.78 is 5.78. The van der Waals surface area contributed by atoms with Gasteiger partial charge in [-0.3, -0.25) is 4.90 Å². The average molecular weight is 281 g/mol. The minimum atomic E-state index is 0.739. The van der Waals surface area contributed by atoms with E-state index in [9.17, 15) is 0 Å². The zero-order chi connectivity index (χ0) is 13.2. The maximum atomic E-state index is 6.22. The summed E-state index contributed by atoms with van der Waals surface area (Å²) in [5.41, 5.74) is 8.13. The van der Waals surface area contributed by atoms with E-state index in [0.717, 1.165) is 55.9 Å². The van der Waals surface area contributed by atoms with Crippen molar-refractivity contribution < 1.29 is 4.74 Å². The molecule has 0 atom stereocenters. The summed E-state index contributed by atoms with van der Waals surface area (Å²) in [5, 5.41) is 0.828. The molecule has 3 nitrogen and oxygen atoms in total. The molecule has 0 unspecified atom stereocenters. The van der Waals surface area contributed by atoms with Crippen molar-refractivity contribution in [3.8, 4) is 5.75 Å². The van der Waals surface area contributed by atoms with Gasteiger partial charge in [0.2, 0.25) is 0 Å². The maximum Gasteiger partial charge on any atom is 0.127 e. The van der Waals surface area contributed by atoms with E-state index in [-0.39, 0.29) is 0 Å². The van der Waals surface area contributed by atoms with Crippen LogP contribution in [0.5, 0.6) is 5.75 Å². The molecule has 1 heterocycles. The lowest BCUT2D eigenvalue weighted by atomic mass is 10.1. The van der Waals surface area contributed by atoms with E-state index >= 15 is 0 Å². The Balaban J connectivity index is 1.77. The second-order valence-electron chi connectivity index (χ2n) is 5.50. The summed E-state index contributed by atoms with van der Waals surface area (Å²) in [6.07, 6.45) is 4.66. The molecule has 2 N–H and O–H groups in total. The lowest BCUT2D eigenvalue weighted by Crippen LogP contribution is -2.28. The highest BCUT2D eigenvalue weighted by molar-refractivity contribution is 6.30. The molecule has 0 spiro atoms. The van der Waals surface area contributed by atoms with Crippen molar-refractivity contribution in [2.45, 2.75) is 38.3 Å². The number of nitrogens with two attached hydrogens (primary N) is 1. The monoisotopic (exact) mass is 280 g/mol. The van der Waals surface area contributed by atoms with Gasteiger partial charge in [0.1, 0.15) is 5.75 Å². The lowest BCUT2D eigenvalue weighted by molar-refractivity contribution is 0.248. The topological polar surface area (TPSA) is 38.5 Å². The van der Waals surface area contributed by atoms with Crippen LogP contribution in [0.15, 0.2) is 12.1 Å². The SMILES string of the molecule is NCCCN(Cc1cc(Cl)cc2c1OCC2)C1CC1. The van der Waals surface area contributed by atoms with Crippen LogP contribution in [0, 0.1) is 0 Å². The summed E-state index contributed by atoms with van der Waals surface area (Å²) in [7, 11) is 0. The molecule has 0 bridgehead atoms. The number of benzene rings is 1. The van der Waals surface area contributed by atoms with Crippen LogP contribution in [-0.4, -0.2) is 30.6 Å². The van der Waals surface area contributed by atoms with Crippen LogP contribution in [0.4, 0.5) is 0 Å². The van der Waals surface area contributed by atoms with E-state index in [1.54, 1.807) is 0 Å². The van der Waals surface area contributed by atoms with E-state index in [1.807, 2.05) is 6.07 Å². The van der Waals surface area contributed by atoms with Crippen molar-refractivity contribution in [1.29, 1.82) is 0 Å². The number of fused-ring (bicyclic) bond motifs is 1. The molecule has 2 aliphatic rings. The molecular formula is C15H21ClN2O. The van der Waals surface area contributed by atoms with Crippen LogP contribution in [-0.2, 0) is 13.0 Å². The van der Waals surface area contributed by atoms with Crippen LogP contribution in [0.1, 0.15) is 30.4 Å². The van der Waals surface area contributed by atoms with Crippen LogP contribution < -0.4 is 10.5 Å². The summed E-state index contributed by atoms with van der Waals surface area (Å²) in [6, 6.07) is 4.83. The number of hydrogen-bond donors (Lipinski definition) is 1. The minimum Gasteiger partial charge on any atom is -0.493 e. The Morgan fingerprint density at radius 3 is 2.95 bits per heavy atom. The summed E-state index contributed by atoms with van der Waals surface area (Å²) in [4.78, 5) is 2.53. The highest BCUT2D eigenvalue weighted by Gasteiger charge is 2.30. The summed E-state index contributed by atoms with van der Waals surface area (Å²) in [6.45, 7) is 3.55. The molecule has 104 valence electrons. The summed E-state index contributed by atoms with van der Waals surface area (Å²) in [5.74, 6) is 1.07. The lowest BCUT2D eigenvalue weighted by Gasteiger charge is -2.23. The standard InChI is InChI=1S/C15H21ClN2O/c16-13-8-11-4-7-19-15(11)12(9-13)10-18(6-1-5-17)14-2-3-14/h8-9,14H,1-7,10,17H2. The third kappa shape index (κ3) is 3.04. The van der Waals surface area contributed by atoms with E-state index in [0.29, 0.717) is 0 Å². The van der Waals surface area contributed by atoms with E-state index < -0.39 is 0 Å². The Kier molecular flexibility index (Phi) is 3.96. The Bertz CT molecular complexity index is 460. The fourth-order valence-corrected chi connectivity index (χ4v) is 3.07. The Morgan fingerprint density at radius 1 is 1.37 bits per heavy atom. The molecule has 0 amide bonds. The fraction of sp³-hybridized carbons (Fsp3) is 0.600. The molecule has 0 saturated heterocycles. The van der Waals surface area contributed by atoms with Crippen molar-refractivity contribution in [2.75, 3.05) is 19.7 Å². The van der Waals surface area contributed by atoms with Gasteiger partial charge in [-0.1, -0.05) is 11.6 Å². The smallest absolute Gasteiger partial charge is 0.127 e. The van der Waals surface area contributed by atoms with Gasteiger partial charge in [-0.15, -0.1) is 0 Å². The van der Waals surface area contributed by atoms with Crippen LogP contribution in [0.3, 0.4) is 0 Å². The molecule has 0 aromatic heterocycles. The van der Waals surface area contributed by atoms with Crippen LogP contribution in [0.25, 0.3) is 0 Å². The fourth-order valence-electron chi connectivity index (χ4n) is 2.81. The zero-order valence-electron chi connectivity index (χ0n) is 11.2. The van der Waals surface area contributed by atoms with Crippen molar-refractivity contribution >= 4 is 11.6 Å². The Labute approximate surface area is 119 Å². The molecule has 3 rings (SSSR count). The third-order valence-corrected chi connectivity index (χ3v) is 4.13. The van der Waals surface area contributed by atoms with E-state index in [4.69, 9.17) is 22.1 Å². The highest BCUT2D eigenvalue weighted by atomic mass is 35.5. The largest absolute Gasteiger partial charge is 0.493 e. The molecule has 1 aromatic carbocycles. The first-order chi connectivity index (χ1) is 9.28. The number of rotatable bonds is 6. The second-order valence-corrected chi connectivity index (χ2v) is 5.93. The average Bonchev–Trinajstić information content (AvgIpc) is 3.13. The van der Waals surface area contributed by atoms with Gasteiger partial charge >= 0.3 is 0 Å². The number of ether oxygens (including phenoxy) is 1.